The predicted molar refractivity (Wildman–Crippen MR) is 70.8 cm³/mol. The molecule has 0 aliphatic rings. The van der Waals surface area contributed by atoms with E-state index in [0.717, 1.165) is 12.1 Å². The Labute approximate surface area is 120 Å². The number of hydrogen-bond acceptors (Lipinski definition) is 6. The molecule has 0 saturated heterocycles. The van der Waals surface area contributed by atoms with E-state index in [-0.39, 0.29) is 5.56 Å². The second kappa shape index (κ2) is 6.08. The van der Waals surface area contributed by atoms with E-state index in [4.69, 9.17) is 14.6 Å². The molecular weight excluding hydrogens is 280 g/mol. The first-order valence-corrected chi connectivity index (χ1v) is 5.82. The monoisotopic (exact) mass is 294 g/mol. The molecule has 0 spiro atoms. The Morgan fingerprint density at radius 1 is 1.24 bits per heavy atom. The Balaban J connectivity index is 3.05. The van der Waals surface area contributed by atoms with Gasteiger partial charge in [-0.3, -0.25) is 0 Å². The van der Waals surface area contributed by atoms with Gasteiger partial charge in [0.1, 0.15) is 11.3 Å². The average Bonchev–Trinajstić information content (AvgIpc) is 2.36. The maximum atomic E-state index is 12.0. The van der Waals surface area contributed by atoms with Crippen molar-refractivity contribution in [3.05, 3.63) is 42.0 Å². The van der Waals surface area contributed by atoms with Crippen molar-refractivity contribution < 1.29 is 34.1 Å². The van der Waals surface area contributed by atoms with Crippen LogP contribution >= 0.6 is 0 Å². The normalized spacial score (nSPS) is 10.6. The first kappa shape index (κ1) is 16.2. The van der Waals surface area contributed by atoms with Crippen LogP contribution in [0.1, 0.15) is 34.6 Å². The van der Waals surface area contributed by atoms with Crippen LogP contribution in [0.5, 0.6) is 5.75 Å². The number of carbonyl (C=O) groups is 3. The molecule has 1 rings (SSSR count). The highest BCUT2D eigenvalue weighted by Gasteiger charge is 2.30. The lowest BCUT2D eigenvalue weighted by Crippen LogP contribution is -2.33. The van der Waals surface area contributed by atoms with Gasteiger partial charge in [-0.15, -0.1) is 0 Å². The number of carboxylic acids is 1. The van der Waals surface area contributed by atoms with Gasteiger partial charge in [0.2, 0.25) is 0 Å². The molecule has 0 fully saturated rings. The Kier molecular flexibility index (Phi) is 4.70. The van der Waals surface area contributed by atoms with E-state index in [1.165, 1.54) is 26.0 Å². The van der Waals surface area contributed by atoms with Crippen LogP contribution in [0.25, 0.3) is 0 Å². The zero-order valence-corrected chi connectivity index (χ0v) is 11.5. The molecular formula is C14H14O7. The number of phenols is 1. The van der Waals surface area contributed by atoms with Crippen molar-refractivity contribution in [2.75, 3.05) is 0 Å². The second-order valence-corrected chi connectivity index (χ2v) is 4.42. The van der Waals surface area contributed by atoms with Crippen molar-refractivity contribution in [3.8, 4) is 5.75 Å². The number of benzene rings is 1. The SMILES string of the molecule is C=CC(=O)OC(C)(C)OC(=O)c1cccc(O)c1C(=O)O. The molecule has 0 heterocycles. The maximum absolute atomic E-state index is 12.0. The van der Waals surface area contributed by atoms with Crippen molar-refractivity contribution >= 4 is 17.9 Å². The van der Waals surface area contributed by atoms with Crippen LogP contribution in [0.2, 0.25) is 0 Å². The molecule has 112 valence electrons. The molecule has 7 nitrogen and oxygen atoms in total. The number of rotatable bonds is 5. The van der Waals surface area contributed by atoms with E-state index >= 15 is 0 Å². The molecule has 0 atom stereocenters. The van der Waals surface area contributed by atoms with Crippen LogP contribution in [-0.4, -0.2) is 33.9 Å². The molecule has 0 radical (unpaired) electrons. The van der Waals surface area contributed by atoms with E-state index in [2.05, 4.69) is 6.58 Å². The summed E-state index contributed by atoms with van der Waals surface area (Å²) in [4.78, 5) is 34.2. The van der Waals surface area contributed by atoms with Crippen LogP contribution < -0.4 is 0 Å². The van der Waals surface area contributed by atoms with E-state index in [9.17, 15) is 19.5 Å². The molecule has 0 aliphatic carbocycles. The third kappa shape index (κ3) is 4.07. The van der Waals surface area contributed by atoms with Gasteiger partial charge in [0.25, 0.3) is 5.79 Å². The third-order valence-corrected chi connectivity index (χ3v) is 2.33. The fraction of sp³-hybridized carbons (Fsp3) is 0.214. The van der Waals surface area contributed by atoms with E-state index in [1.54, 1.807) is 0 Å². The van der Waals surface area contributed by atoms with Crippen LogP contribution in [0.15, 0.2) is 30.9 Å². The van der Waals surface area contributed by atoms with Gasteiger partial charge >= 0.3 is 17.9 Å². The fourth-order valence-corrected chi connectivity index (χ4v) is 1.52. The Morgan fingerprint density at radius 3 is 2.38 bits per heavy atom. The molecule has 0 amide bonds. The van der Waals surface area contributed by atoms with E-state index in [1.807, 2.05) is 0 Å². The third-order valence-electron chi connectivity index (χ3n) is 2.33. The van der Waals surface area contributed by atoms with Crippen molar-refractivity contribution in [2.24, 2.45) is 0 Å². The number of aromatic carboxylic acids is 1. The van der Waals surface area contributed by atoms with E-state index in [0.29, 0.717) is 0 Å². The highest BCUT2D eigenvalue weighted by atomic mass is 16.7. The topological polar surface area (TPSA) is 110 Å². The van der Waals surface area contributed by atoms with Gasteiger partial charge in [-0.25, -0.2) is 14.4 Å². The summed E-state index contributed by atoms with van der Waals surface area (Å²) in [6.45, 7) is 5.81. The molecule has 1 aromatic rings. The summed E-state index contributed by atoms with van der Waals surface area (Å²) in [7, 11) is 0. The van der Waals surface area contributed by atoms with Gasteiger partial charge in [0.05, 0.1) is 5.56 Å². The summed E-state index contributed by atoms with van der Waals surface area (Å²) >= 11 is 0. The summed E-state index contributed by atoms with van der Waals surface area (Å²) in [5.41, 5.74) is -0.946. The van der Waals surface area contributed by atoms with Crippen molar-refractivity contribution in [1.82, 2.24) is 0 Å². The number of esters is 2. The molecule has 7 heteroatoms. The van der Waals surface area contributed by atoms with Gasteiger partial charge < -0.3 is 19.7 Å². The minimum absolute atomic E-state index is 0.356. The van der Waals surface area contributed by atoms with Crippen molar-refractivity contribution in [1.29, 1.82) is 0 Å². The molecule has 0 saturated carbocycles. The van der Waals surface area contributed by atoms with Gasteiger partial charge in [0, 0.05) is 19.9 Å². The van der Waals surface area contributed by atoms with Crippen LogP contribution in [0.3, 0.4) is 0 Å². The molecule has 0 aliphatic heterocycles. The summed E-state index contributed by atoms with van der Waals surface area (Å²) in [5.74, 6) is -5.53. The number of ether oxygens (including phenoxy) is 2. The average molecular weight is 294 g/mol. The van der Waals surface area contributed by atoms with Crippen LogP contribution in [0.4, 0.5) is 0 Å². The summed E-state index contributed by atoms with van der Waals surface area (Å²) < 4.78 is 9.74. The zero-order chi connectivity index (χ0) is 16.2. The summed E-state index contributed by atoms with van der Waals surface area (Å²) in [6.07, 6.45) is 0.895. The molecule has 2 N–H and O–H groups in total. The molecule has 0 aromatic heterocycles. The summed E-state index contributed by atoms with van der Waals surface area (Å²) in [6, 6.07) is 3.60. The van der Waals surface area contributed by atoms with Gasteiger partial charge in [0.15, 0.2) is 0 Å². The van der Waals surface area contributed by atoms with Gasteiger partial charge in [-0.1, -0.05) is 12.6 Å². The first-order valence-electron chi connectivity index (χ1n) is 5.82. The molecule has 0 bridgehead atoms. The number of aromatic hydroxyl groups is 1. The Hall–Kier alpha value is -2.83. The fourth-order valence-electron chi connectivity index (χ4n) is 1.52. The minimum atomic E-state index is -1.62. The maximum Gasteiger partial charge on any atom is 0.342 e. The standard InChI is InChI=1S/C14H14O7/c1-4-10(16)20-14(2,3)21-13(19)8-6-5-7-9(15)11(8)12(17)18/h4-7,15H,1H2,2-3H3,(H,17,18). The number of hydrogen-bond donors (Lipinski definition) is 2. The quantitative estimate of drug-likeness (QED) is 0.483. The molecule has 1 aromatic carbocycles. The lowest BCUT2D eigenvalue weighted by atomic mass is 10.1. The van der Waals surface area contributed by atoms with E-state index < -0.39 is 35.0 Å². The molecule has 0 unspecified atom stereocenters. The zero-order valence-electron chi connectivity index (χ0n) is 11.5. The molecule has 21 heavy (non-hydrogen) atoms. The second-order valence-electron chi connectivity index (χ2n) is 4.42. The minimum Gasteiger partial charge on any atom is -0.507 e. The lowest BCUT2D eigenvalue weighted by molar-refractivity contribution is -0.190. The summed E-state index contributed by atoms with van der Waals surface area (Å²) in [5, 5.41) is 18.5. The first-order chi connectivity index (χ1) is 9.68. The van der Waals surface area contributed by atoms with Crippen LogP contribution in [0, 0.1) is 0 Å². The number of carboxylic acid groups (broad SMARTS) is 1. The lowest BCUT2D eigenvalue weighted by Gasteiger charge is -2.24. The van der Waals surface area contributed by atoms with Crippen molar-refractivity contribution in [3.63, 3.8) is 0 Å². The van der Waals surface area contributed by atoms with Crippen molar-refractivity contribution in [2.45, 2.75) is 19.6 Å². The van der Waals surface area contributed by atoms with Gasteiger partial charge in [-0.2, -0.15) is 0 Å². The largest absolute Gasteiger partial charge is 0.507 e. The van der Waals surface area contributed by atoms with Gasteiger partial charge in [-0.05, 0) is 12.1 Å². The number of carbonyl (C=O) groups excluding carboxylic acids is 2. The Bertz CT molecular complexity index is 601. The smallest absolute Gasteiger partial charge is 0.342 e. The highest BCUT2D eigenvalue weighted by molar-refractivity contribution is 6.04. The highest BCUT2D eigenvalue weighted by Crippen LogP contribution is 2.24. The van der Waals surface area contributed by atoms with Crippen LogP contribution in [-0.2, 0) is 14.3 Å². The Morgan fingerprint density at radius 2 is 1.86 bits per heavy atom. The predicted octanol–water partition coefficient (Wildman–Crippen LogP) is 1.71.